The summed E-state index contributed by atoms with van der Waals surface area (Å²) in [6.07, 6.45) is 4.47. The van der Waals surface area contributed by atoms with Crippen molar-refractivity contribution >= 4 is 5.91 Å². The lowest BCUT2D eigenvalue weighted by molar-refractivity contribution is -0.131. The molecule has 0 saturated carbocycles. The summed E-state index contributed by atoms with van der Waals surface area (Å²) in [6.45, 7) is 1.67. The molecule has 1 aliphatic heterocycles. The minimum absolute atomic E-state index is 0.0994. The van der Waals surface area contributed by atoms with Crippen LogP contribution >= 0.6 is 0 Å². The third-order valence-corrected chi connectivity index (χ3v) is 3.47. The Kier molecular flexibility index (Phi) is 5.64. The maximum Gasteiger partial charge on any atom is 0.222 e. The van der Waals surface area contributed by atoms with Crippen molar-refractivity contribution in [3.63, 3.8) is 0 Å². The number of aliphatic hydroxyl groups excluding tert-OH is 1. The van der Waals surface area contributed by atoms with Gasteiger partial charge in [-0.25, -0.2) is 0 Å². The fraction of sp³-hybridized carbons (Fsp3) is 0.471. The molecule has 20 heavy (non-hydrogen) atoms. The molecule has 106 valence electrons. The molecule has 1 heterocycles. The van der Waals surface area contributed by atoms with Gasteiger partial charge in [0.1, 0.15) is 0 Å². The van der Waals surface area contributed by atoms with Crippen molar-refractivity contribution in [2.24, 2.45) is 0 Å². The zero-order valence-corrected chi connectivity index (χ0v) is 11.8. The van der Waals surface area contributed by atoms with Crippen LogP contribution in [-0.4, -0.2) is 29.1 Å². The molecule has 0 atom stereocenters. The van der Waals surface area contributed by atoms with Crippen LogP contribution in [0, 0.1) is 11.8 Å². The van der Waals surface area contributed by atoms with Gasteiger partial charge < -0.3 is 10.0 Å². The summed E-state index contributed by atoms with van der Waals surface area (Å²) >= 11 is 0. The zero-order valence-electron chi connectivity index (χ0n) is 11.8. The molecule has 1 aromatic rings. The highest BCUT2D eigenvalue weighted by atomic mass is 16.2. The first kappa shape index (κ1) is 14.6. The standard InChI is InChI=1S/C17H21NO2/c19-13-5-3-6-15-8-10-16(11-9-15)14-18-12-4-1-2-7-17(18)20/h8-11,19H,1-2,4-5,7,12-14H2. The SMILES string of the molecule is O=C1CCCCCN1Cc1ccc(C#CCCO)cc1. The van der Waals surface area contributed by atoms with Gasteiger partial charge in [-0.3, -0.25) is 4.79 Å². The van der Waals surface area contributed by atoms with E-state index in [0.29, 0.717) is 19.4 Å². The molecule has 0 aliphatic carbocycles. The lowest BCUT2D eigenvalue weighted by atomic mass is 10.1. The fourth-order valence-electron chi connectivity index (χ4n) is 2.34. The average Bonchev–Trinajstić information content (AvgIpc) is 2.66. The first-order valence-corrected chi connectivity index (χ1v) is 7.26. The van der Waals surface area contributed by atoms with E-state index in [1.807, 2.05) is 29.2 Å². The molecule has 1 fully saturated rings. The lowest BCUT2D eigenvalue weighted by Crippen LogP contribution is -2.29. The highest BCUT2D eigenvalue weighted by molar-refractivity contribution is 5.76. The van der Waals surface area contributed by atoms with Crippen molar-refractivity contribution in [3.8, 4) is 11.8 Å². The molecule has 1 saturated heterocycles. The van der Waals surface area contributed by atoms with Gasteiger partial charge in [0.25, 0.3) is 0 Å². The molecule has 0 aromatic heterocycles. The van der Waals surface area contributed by atoms with Gasteiger partial charge in [0.05, 0.1) is 6.61 Å². The summed E-state index contributed by atoms with van der Waals surface area (Å²) in [5.41, 5.74) is 2.09. The number of carbonyl (C=O) groups excluding carboxylic acids is 1. The second-order valence-corrected chi connectivity index (χ2v) is 5.10. The van der Waals surface area contributed by atoms with Crippen molar-refractivity contribution < 1.29 is 9.90 Å². The van der Waals surface area contributed by atoms with Gasteiger partial charge in [0.15, 0.2) is 0 Å². The third-order valence-electron chi connectivity index (χ3n) is 3.47. The van der Waals surface area contributed by atoms with Crippen LogP contribution in [0.5, 0.6) is 0 Å². The Labute approximate surface area is 120 Å². The Morgan fingerprint density at radius 3 is 2.70 bits per heavy atom. The van der Waals surface area contributed by atoms with Gasteiger partial charge in [0, 0.05) is 31.5 Å². The van der Waals surface area contributed by atoms with E-state index in [9.17, 15) is 4.79 Å². The second kappa shape index (κ2) is 7.72. The van der Waals surface area contributed by atoms with Crippen molar-refractivity contribution in [3.05, 3.63) is 35.4 Å². The van der Waals surface area contributed by atoms with E-state index >= 15 is 0 Å². The van der Waals surface area contributed by atoms with E-state index in [0.717, 1.165) is 36.9 Å². The quantitative estimate of drug-likeness (QED) is 0.857. The Balaban J connectivity index is 1.96. The third kappa shape index (κ3) is 4.40. The largest absolute Gasteiger partial charge is 0.395 e. The van der Waals surface area contributed by atoms with Crippen LogP contribution in [0.4, 0.5) is 0 Å². The lowest BCUT2D eigenvalue weighted by Gasteiger charge is -2.20. The number of carbonyl (C=O) groups is 1. The molecule has 1 amide bonds. The van der Waals surface area contributed by atoms with E-state index in [2.05, 4.69) is 11.8 Å². The van der Waals surface area contributed by atoms with Crippen molar-refractivity contribution in [2.75, 3.05) is 13.2 Å². The molecule has 3 nitrogen and oxygen atoms in total. The zero-order chi connectivity index (χ0) is 14.2. The smallest absolute Gasteiger partial charge is 0.222 e. The molecule has 0 radical (unpaired) electrons. The van der Waals surface area contributed by atoms with Gasteiger partial charge in [-0.05, 0) is 30.5 Å². The molecule has 3 heteroatoms. The fourth-order valence-corrected chi connectivity index (χ4v) is 2.34. The van der Waals surface area contributed by atoms with E-state index in [1.165, 1.54) is 0 Å². The van der Waals surface area contributed by atoms with Gasteiger partial charge >= 0.3 is 0 Å². The molecular formula is C17H21NO2. The number of aliphatic hydroxyl groups is 1. The molecule has 0 bridgehead atoms. The van der Waals surface area contributed by atoms with E-state index in [4.69, 9.17) is 5.11 Å². The van der Waals surface area contributed by atoms with Crippen LogP contribution in [0.2, 0.25) is 0 Å². The molecule has 0 spiro atoms. The number of amides is 1. The number of benzene rings is 1. The molecule has 0 unspecified atom stereocenters. The summed E-state index contributed by atoms with van der Waals surface area (Å²) in [5.74, 6) is 6.18. The summed E-state index contributed by atoms with van der Waals surface area (Å²) in [7, 11) is 0. The minimum Gasteiger partial charge on any atom is -0.395 e. The van der Waals surface area contributed by atoms with Crippen LogP contribution in [0.1, 0.15) is 43.2 Å². The van der Waals surface area contributed by atoms with Gasteiger partial charge in [-0.15, -0.1) is 0 Å². The van der Waals surface area contributed by atoms with Crippen LogP contribution in [0.15, 0.2) is 24.3 Å². The number of likely N-dealkylation sites (tertiary alicyclic amines) is 1. The molecule has 1 aromatic carbocycles. The maximum absolute atomic E-state index is 11.9. The normalized spacial score (nSPS) is 15.4. The topological polar surface area (TPSA) is 40.5 Å². The Morgan fingerprint density at radius 1 is 1.15 bits per heavy atom. The maximum atomic E-state index is 11.9. The number of hydrogen-bond donors (Lipinski definition) is 1. The summed E-state index contributed by atoms with van der Waals surface area (Å²) < 4.78 is 0. The molecule has 2 rings (SSSR count). The van der Waals surface area contributed by atoms with Gasteiger partial charge in [0.2, 0.25) is 5.91 Å². The first-order valence-electron chi connectivity index (χ1n) is 7.26. The Bertz CT molecular complexity index is 496. The summed E-state index contributed by atoms with van der Waals surface area (Å²) in [4.78, 5) is 13.9. The van der Waals surface area contributed by atoms with Gasteiger partial charge in [-0.2, -0.15) is 0 Å². The Hall–Kier alpha value is -1.79. The van der Waals surface area contributed by atoms with E-state index < -0.39 is 0 Å². The van der Waals surface area contributed by atoms with Crippen molar-refractivity contribution in [2.45, 2.75) is 38.6 Å². The monoisotopic (exact) mass is 271 g/mol. The molecular weight excluding hydrogens is 250 g/mol. The summed E-state index contributed by atoms with van der Waals surface area (Å²) in [5, 5.41) is 8.68. The average molecular weight is 271 g/mol. The first-order chi connectivity index (χ1) is 9.79. The van der Waals surface area contributed by atoms with E-state index in [-0.39, 0.29) is 12.5 Å². The number of nitrogens with zero attached hydrogens (tertiary/aromatic N) is 1. The van der Waals surface area contributed by atoms with Crippen LogP contribution in [-0.2, 0) is 11.3 Å². The van der Waals surface area contributed by atoms with E-state index in [1.54, 1.807) is 0 Å². The van der Waals surface area contributed by atoms with Crippen molar-refractivity contribution in [1.29, 1.82) is 0 Å². The molecule has 1 aliphatic rings. The van der Waals surface area contributed by atoms with Crippen LogP contribution < -0.4 is 0 Å². The Morgan fingerprint density at radius 2 is 1.95 bits per heavy atom. The minimum atomic E-state index is 0.0994. The van der Waals surface area contributed by atoms with Crippen LogP contribution in [0.25, 0.3) is 0 Å². The van der Waals surface area contributed by atoms with Crippen molar-refractivity contribution in [1.82, 2.24) is 4.90 Å². The predicted molar refractivity (Wildman–Crippen MR) is 78.9 cm³/mol. The molecule has 1 N–H and O–H groups in total. The van der Waals surface area contributed by atoms with Crippen LogP contribution in [0.3, 0.4) is 0 Å². The summed E-state index contributed by atoms with van der Waals surface area (Å²) in [6, 6.07) is 8.01. The highest BCUT2D eigenvalue weighted by Gasteiger charge is 2.16. The number of hydrogen-bond acceptors (Lipinski definition) is 2. The highest BCUT2D eigenvalue weighted by Crippen LogP contribution is 2.14. The predicted octanol–water partition coefficient (Wildman–Crippen LogP) is 2.32. The number of rotatable bonds is 3. The van der Waals surface area contributed by atoms with Gasteiger partial charge in [-0.1, -0.05) is 30.4 Å². The second-order valence-electron chi connectivity index (χ2n) is 5.10.